The molecule has 1 atom stereocenters. The smallest absolute Gasteiger partial charge is 0.245 e. The van der Waals surface area contributed by atoms with Crippen LogP contribution < -0.4 is 5.73 Å². The number of nitrogens with zero attached hydrogens (tertiary/aromatic N) is 1. The van der Waals surface area contributed by atoms with E-state index in [1.165, 1.54) is 10.4 Å². The lowest BCUT2D eigenvalue weighted by molar-refractivity contribution is 0.115. The summed E-state index contributed by atoms with van der Waals surface area (Å²) in [6.07, 6.45) is 0.683. The number of anilines is 1. The minimum Gasteiger partial charge on any atom is -0.398 e. The lowest BCUT2D eigenvalue weighted by Gasteiger charge is -2.17. The topological polar surface area (TPSA) is 72.6 Å². The number of methoxy groups -OCH3 is 1. The van der Waals surface area contributed by atoms with Crippen LogP contribution in [-0.4, -0.2) is 39.0 Å². The van der Waals surface area contributed by atoms with Gasteiger partial charge in [-0.25, -0.2) is 8.42 Å². The average molecular weight is 335 g/mol. The first kappa shape index (κ1) is 13.8. The first-order valence-electron chi connectivity index (χ1n) is 5.53. The number of nitrogens with two attached hydrogens (primary N) is 1. The van der Waals surface area contributed by atoms with Crippen molar-refractivity contribution >= 4 is 31.6 Å². The summed E-state index contributed by atoms with van der Waals surface area (Å²) < 4.78 is 32.2. The summed E-state index contributed by atoms with van der Waals surface area (Å²) >= 11 is 3.26. The standard InChI is InChI=1S/C11H15BrN2O3S/c1-17-9-4-5-14(7-9)18(15,16)11-3-2-8(12)6-10(11)13/h2-3,6,9H,4-5,7,13H2,1H3. The lowest BCUT2D eigenvalue weighted by atomic mass is 10.3. The molecule has 0 aliphatic carbocycles. The number of halogens is 1. The molecule has 1 saturated heterocycles. The Kier molecular flexibility index (Phi) is 3.96. The number of hydrogen-bond acceptors (Lipinski definition) is 4. The molecule has 2 N–H and O–H groups in total. The van der Waals surface area contributed by atoms with Crippen molar-refractivity contribution in [3.8, 4) is 0 Å². The fourth-order valence-electron chi connectivity index (χ4n) is 2.00. The van der Waals surface area contributed by atoms with Crippen molar-refractivity contribution in [1.29, 1.82) is 0 Å². The highest BCUT2D eigenvalue weighted by Gasteiger charge is 2.33. The van der Waals surface area contributed by atoms with E-state index < -0.39 is 10.0 Å². The van der Waals surface area contributed by atoms with E-state index in [4.69, 9.17) is 10.5 Å². The van der Waals surface area contributed by atoms with Crippen molar-refractivity contribution in [2.75, 3.05) is 25.9 Å². The first-order chi connectivity index (χ1) is 8.45. The molecule has 0 spiro atoms. The molecule has 100 valence electrons. The van der Waals surface area contributed by atoms with Crippen LogP contribution in [0.1, 0.15) is 6.42 Å². The molecule has 18 heavy (non-hydrogen) atoms. The number of sulfonamides is 1. The Morgan fingerprint density at radius 2 is 2.22 bits per heavy atom. The minimum atomic E-state index is -3.52. The second-order valence-electron chi connectivity index (χ2n) is 4.19. The summed E-state index contributed by atoms with van der Waals surface area (Å²) in [6, 6.07) is 4.79. The Labute approximate surface area is 115 Å². The predicted molar refractivity (Wildman–Crippen MR) is 72.7 cm³/mol. The van der Waals surface area contributed by atoms with Crippen molar-refractivity contribution in [1.82, 2.24) is 4.31 Å². The van der Waals surface area contributed by atoms with E-state index in [2.05, 4.69) is 15.9 Å². The third-order valence-corrected chi connectivity index (χ3v) is 5.46. The van der Waals surface area contributed by atoms with Gasteiger partial charge in [0, 0.05) is 24.7 Å². The quantitative estimate of drug-likeness (QED) is 0.849. The van der Waals surface area contributed by atoms with E-state index in [1.54, 1.807) is 19.2 Å². The van der Waals surface area contributed by atoms with Gasteiger partial charge in [-0.2, -0.15) is 4.31 Å². The minimum absolute atomic E-state index is 0.0311. The van der Waals surface area contributed by atoms with Crippen molar-refractivity contribution in [2.45, 2.75) is 17.4 Å². The average Bonchev–Trinajstić information content (AvgIpc) is 2.77. The molecule has 1 heterocycles. The van der Waals surface area contributed by atoms with Crippen LogP contribution in [-0.2, 0) is 14.8 Å². The normalized spacial score (nSPS) is 21.3. The van der Waals surface area contributed by atoms with Crippen LogP contribution >= 0.6 is 15.9 Å². The van der Waals surface area contributed by atoms with E-state index >= 15 is 0 Å². The Balaban J connectivity index is 2.31. The highest BCUT2D eigenvalue weighted by atomic mass is 79.9. The molecule has 0 bridgehead atoms. The van der Waals surface area contributed by atoms with Crippen molar-refractivity contribution in [2.24, 2.45) is 0 Å². The largest absolute Gasteiger partial charge is 0.398 e. The zero-order chi connectivity index (χ0) is 13.3. The highest BCUT2D eigenvalue weighted by Crippen LogP contribution is 2.28. The number of nitrogen functional groups attached to an aromatic ring is 1. The highest BCUT2D eigenvalue weighted by molar-refractivity contribution is 9.10. The fraction of sp³-hybridized carbons (Fsp3) is 0.455. The van der Waals surface area contributed by atoms with Gasteiger partial charge < -0.3 is 10.5 Å². The van der Waals surface area contributed by atoms with E-state index in [9.17, 15) is 8.42 Å². The summed E-state index contributed by atoms with van der Waals surface area (Å²) in [5.74, 6) is 0. The van der Waals surface area contributed by atoms with Gasteiger partial charge in [0.05, 0.1) is 11.8 Å². The molecule has 5 nitrogen and oxygen atoms in total. The van der Waals surface area contributed by atoms with Crippen molar-refractivity contribution in [3.05, 3.63) is 22.7 Å². The summed E-state index contributed by atoms with van der Waals surface area (Å²) in [6.45, 7) is 0.852. The van der Waals surface area contributed by atoms with Gasteiger partial charge in [-0.3, -0.25) is 0 Å². The molecular weight excluding hydrogens is 320 g/mol. The number of ether oxygens (including phenoxy) is 1. The summed E-state index contributed by atoms with van der Waals surface area (Å²) in [7, 11) is -1.93. The second-order valence-corrected chi connectivity index (χ2v) is 7.01. The number of hydrogen-bond donors (Lipinski definition) is 1. The predicted octanol–water partition coefficient (Wildman–Crippen LogP) is 1.44. The summed E-state index contributed by atoms with van der Waals surface area (Å²) in [4.78, 5) is 0.155. The molecule has 1 aromatic rings. The number of benzene rings is 1. The van der Waals surface area contributed by atoms with Gasteiger partial charge in [0.15, 0.2) is 0 Å². The molecular formula is C11H15BrN2O3S. The van der Waals surface area contributed by atoms with E-state index in [1.807, 2.05) is 0 Å². The van der Waals surface area contributed by atoms with Gasteiger partial charge in [0.25, 0.3) is 0 Å². The van der Waals surface area contributed by atoms with Gasteiger partial charge in [-0.1, -0.05) is 15.9 Å². The van der Waals surface area contributed by atoms with Gasteiger partial charge in [0.2, 0.25) is 10.0 Å². The molecule has 1 aliphatic heterocycles. The molecule has 0 saturated carbocycles. The van der Waals surface area contributed by atoms with Crippen molar-refractivity contribution in [3.63, 3.8) is 0 Å². The van der Waals surface area contributed by atoms with E-state index in [0.717, 1.165) is 4.47 Å². The summed E-state index contributed by atoms with van der Waals surface area (Å²) in [5.41, 5.74) is 6.03. The van der Waals surface area contributed by atoms with E-state index in [-0.39, 0.29) is 16.7 Å². The van der Waals surface area contributed by atoms with Crippen LogP contribution in [0.15, 0.2) is 27.6 Å². The molecule has 0 aromatic heterocycles. The molecule has 7 heteroatoms. The van der Waals surface area contributed by atoms with Gasteiger partial charge in [0.1, 0.15) is 4.90 Å². The zero-order valence-corrected chi connectivity index (χ0v) is 12.4. The van der Waals surface area contributed by atoms with Gasteiger partial charge in [-0.15, -0.1) is 0 Å². The SMILES string of the molecule is COC1CCN(S(=O)(=O)c2ccc(Br)cc2N)C1. The maximum Gasteiger partial charge on any atom is 0.245 e. The molecule has 1 unspecified atom stereocenters. The van der Waals surface area contributed by atoms with Gasteiger partial charge >= 0.3 is 0 Å². The summed E-state index contributed by atoms with van der Waals surface area (Å²) in [5, 5.41) is 0. The van der Waals surface area contributed by atoms with Crippen LogP contribution in [0.2, 0.25) is 0 Å². The molecule has 1 aromatic carbocycles. The third-order valence-electron chi connectivity index (χ3n) is 3.03. The second kappa shape index (κ2) is 5.16. The molecule has 1 fully saturated rings. The van der Waals surface area contributed by atoms with E-state index in [0.29, 0.717) is 19.5 Å². The zero-order valence-electron chi connectivity index (χ0n) is 9.97. The van der Waals surface area contributed by atoms with Crippen LogP contribution in [0.4, 0.5) is 5.69 Å². The van der Waals surface area contributed by atoms with Crippen molar-refractivity contribution < 1.29 is 13.2 Å². The maximum absolute atomic E-state index is 12.4. The van der Waals surface area contributed by atoms with Crippen LogP contribution in [0, 0.1) is 0 Å². The first-order valence-corrected chi connectivity index (χ1v) is 7.76. The molecule has 0 amide bonds. The molecule has 1 aliphatic rings. The Morgan fingerprint density at radius 3 is 2.78 bits per heavy atom. The molecule has 0 radical (unpaired) electrons. The Bertz CT molecular complexity index is 547. The maximum atomic E-state index is 12.4. The van der Waals surface area contributed by atoms with Gasteiger partial charge in [-0.05, 0) is 24.6 Å². The Hall–Kier alpha value is -0.630. The van der Waals surface area contributed by atoms with Crippen LogP contribution in [0.25, 0.3) is 0 Å². The number of rotatable bonds is 3. The third kappa shape index (κ3) is 2.54. The Morgan fingerprint density at radius 1 is 1.50 bits per heavy atom. The lowest BCUT2D eigenvalue weighted by Crippen LogP contribution is -2.30. The van der Waals surface area contributed by atoms with Crippen LogP contribution in [0.3, 0.4) is 0 Å². The monoisotopic (exact) mass is 334 g/mol. The fourth-order valence-corrected chi connectivity index (χ4v) is 3.96. The molecule has 2 rings (SSSR count). The van der Waals surface area contributed by atoms with Crippen LogP contribution in [0.5, 0.6) is 0 Å².